The maximum Gasteiger partial charge on any atom is 0.417 e. The highest BCUT2D eigenvalue weighted by Gasteiger charge is 2.38. The van der Waals surface area contributed by atoms with Crippen LogP contribution in [0.15, 0.2) is 55.0 Å². The maximum atomic E-state index is 13.2. The van der Waals surface area contributed by atoms with E-state index in [4.69, 9.17) is 0 Å². The van der Waals surface area contributed by atoms with Gasteiger partial charge in [-0.15, -0.1) is 0 Å². The number of amides is 2. The highest BCUT2D eigenvalue weighted by Crippen LogP contribution is 2.40. The Morgan fingerprint density at radius 2 is 2.03 bits per heavy atom. The van der Waals surface area contributed by atoms with E-state index in [2.05, 4.69) is 25.2 Å². The molecule has 32 heavy (non-hydrogen) atoms. The molecule has 1 N–H and O–H groups in total. The first-order valence-corrected chi connectivity index (χ1v) is 10.2. The van der Waals surface area contributed by atoms with Gasteiger partial charge >= 0.3 is 12.2 Å². The highest BCUT2D eigenvalue weighted by molar-refractivity contribution is 6.04. The van der Waals surface area contributed by atoms with Crippen LogP contribution in [0.1, 0.15) is 18.4 Å². The molecular weight excluding hydrogens is 421 g/mol. The normalized spacial score (nSPS) is 17.7. The Hall–Kier alpha value is -3.69. The van der Waals surface area contributed by atoms with E-state index in [1.165, 1.54) is 6.20 Å². The predicted molar refractivity (Wildman–Crippen MR) is 113 cm³/mol. The molecule has 5 heterocycles. The minimum absolute atomic E-state index is 0.0950. The molecule has 2 amide bonds. The van der Waals surface area contributed by atoms with Crippen LogP contribution in [0.3, 0.4) is 0 Å². The molecule has 0 radical (unpaired) electrons. The molecule has 1 atom stereocenters. The summed E-state index contributed by atoms with van der Waals surface area (Å²) in [5.41, 5.74) is 0.485. The third-order valence-electron chi connectivity index (χ3n) is 5.67. The SMILES string of the molecule is O=C(Nc1ccccn1)N1c2nc(-c3cncc(C(F)(F)F)c3)ccc2N2CCCC1C2. The van der Waals surface area contributed by atoms with E-state index in [1.807, 2.05) is 0 Å². The molecule has 0 saturated carbocycles. The van der Waals surface area contributed by atoms with Gasteiger partial charge in [-0.1, -0.05) is 6.07 Å². The van der Waals surface area contributed by atoms with Gasteiger partial charge in [-0.2, -0.15) is 13.2 Å². The van der Waals surface area contributed by atoms with Gasteiger partial charge in [-0.25, -0.2) is 14.8 Å². The molecular formula is C22H19F3N6O. The number of halogens is 3. The summed E-state index contributed by atoms with van der Waals surface area (Å²) in [6, 6.07) is 9.23. The Balaban J connectivity index is 1.55. The van der Waals surface area contributed by atoms with E-state index in [1.54, 1.807) is 41.4 Å². The molecule has 0 aliphatic carbocycles. The molecule has 10 heteroatoms. The van der Waals surface area contributed by atoms with Gasteiger partial charge in [-0.3, -0.25) is 15.2 Å². The number of carbonyl (C=O) groups excluding carboxylic acids is 1. The van der Waals surface area contributed by atoms with Crippen molar-refractivity contribution in [3.8, 4) is 11.3 Å². The minimum atomic E-state index is -4.51. The van der Waals surface area contributed by atoms with E-state index in [9.17, 15) is 18.0 Å². The smallest absolute Gasteiger partial charge is 0.366 e. The van der Waals surface area contributed by atoms with Crippen molar-refractivity contribution in [2.75, 3.05) is 28.2 Å². The molecule has 1 unspecified atom stereocenters. The van der Waals surface area contributed by atoms with Gasteiger partial charge in [0.1, 0.15) is 5.82 Å². The molecule has 3 aromatic heterocycles. The average Bonchev–Trinajstić information content (AvgIpc) is 2.79. The van der Waals surface area contributed by atoms with E-state index < -0.39 is 11.7 Å². The summed E-state index contributed by atoms with van der Waals surface area (Å²) in [6.45, 7) is 1.51. The number of urea groups is 1. The zero-order chi connectivity index (χ0) is 22.3. The first-order chi connectivity index (χ1) is 15.4. The third-order valence-corrected chi connectivity index (χ3v) is 5.67. The molecule has 7 nitrogen and oxygen atoms in total. The molecule has 0 spiro atoms. The summed E-state index contributed by atoms with van der Waals surface area (Å²) in [6.07, 6.45) is 0.934. The molecule has 5 rings (SSSR count). The summed E-state index contributed by atoms with van der Waals surface area (Å²) in [4.78, 5) is 29.5. The van der Waals surface area contributed by atoms with Crippen LogP contribution in [0, 0.1) is 0 Å². The van der Waals surface area contributed by atoms with Crippen molar-refractivity contribution in [3.63, 3.8) is 0 Å². The van der Waals surface area contributed by atoms with Gasteiger partial charge < -0.3 is 4.90 Å². The minimum Gasteiger partial charge on any atom is -0.366 e. The number of nitrogens with zero attached hydrogens (tertiary/aromatic N) is 5. The topological polar surface area (TPSA) is 74.2 Å². The predicted octanol–water partition coefficient (Wildman–Crippen LogP) is 4.58. The van der Waals surface area contributed by atoms with Gasteiger partial charge in [0, 0.05) is 37.2 Å². The van der Waals surface area contributed by atoms with E-state index in [0.29, 0.717) is 23.9 Å². The van der Waals surface area contributed by atoms with Gasteiger partial charge in [-0.05, 0) is 43.2 Å². The summed E-state index contributed by atoms with van der Waals surface area (Å²) in [7, 11) is 0. The lowest BCUT2D eigenvalue weighted by atomic mass is 9.99. The van der Waals surface area contributed by atoms with Gasteiger partial charge in [0.05, 0.1) is 23.0 Å². The molecule has 2 aliphatic heterocycles. The second kappa shape index (κ2) is 7.77. The Morgan fingerprint density at radius 3 is 2.81 bits per heavy atom. The quantitative estimate of drug-likeness (QED) is 0.632. The fourth-order valence-electron chi connectivity index (χ4n) is 4.19. The Morgan fingerprint density at radius 1 is 1.16 bits per heavy atom. The standard InChI is InChI=1S/C22H19F3N6O/c23-22(24,25)15-10-14(11-26-12-15)17-6-7-18-20(28-17)31(16-4-3-9-30(18)13-16)21(32)29-19-5-1-2-8-27-19/h1-2,5-8,10-12,16H,3-4,9,13H2,(H,27,29,32). The summed E-state index contributed by atoms with van der Waals surface area (Å²) < 4.78 is 39.5. The number of carbonyl (C=O) groups is 1. The first kappa shape index (κ1) is 20.2. The van der Waals surface area contributed by atoms with Gasteiger partial charge in [0.2, 0.25) is 0 Å². The number of anilines is 3. The number of piperidine rings is 1. The van der Waals surface area contributed by atoms with Crippen LogP contribution in [0.5, 0.6) is 0 Å². The highest BCUT2D eigenvalue weighted by atomic mass is 19.4. The molecule has 2 bridgehead atoms. The number of hydrogen-bond donors (Lipinski definition) is 1. The van der Waals surface area contributed by atoms with Crippen molar-refractivity contribution in [3.05, 3.63) is 60.6 Å². The number of fused-ring (bicyclic) bond motifs is 4. The monoisotopic (exact) mass is 440 g/mol. The number of hydrogen-bond acceptors (Lipinski definition) is 5. The summed E-state index contributed by atoms with van der Waals surface area (Å²) in [5.74, 6) is 0.833. The number of aromatic nitrogens is 3. The molecule has 164 valence electrons. The van der Waals surface area contributed by atoms with Crippen LogP contribution < -0.4 is 15.1 Å². The second-order valence-corrected chi connectivity index (χ2v) is 7.76. The largest absolute Gasteiger partial charge is 0.417 e. The molecule has 0 aromatic carbocycles. The van der Waals surface area contributed by atoms with E-state index >= 15 is 0 Å². The summed E-state index contributed by atoms with van der Waals surface area (Å²) in [5, 5.41) is 2.80. The molecule has 1 fully saturated rings. The van der Waals surface area contributed by atoms with Crippen molar-refractivity contribution >= 4 is 23.4 Å². The van der Waals surface area contributed by atoms with Crippen molar-refractivity contribution < 1.29 is 18.0 Å². The zero-order valence-corrected chi connectivity index (χ0v) is 16.9. The van der Waals surface area contributed by atoms with Crippen molar-refractivity contribution in [2.24, 2.45) is 0 Å². The maximum absolute atomic E-state index is 13.2. The first-order valence-electron chi connectivity index (χ1n) is 10.2. The zero-order valence-electron chi connectivity index (χ0n) is 16.9. The number of alkyl halides is 3. The van der Waals surface area contributed by atoms with Crippen molar-refractivity contribution in [1.82, 2.24) is 15.0 Å². The molecule has 1 saturated heterocycles. The molecule has 3 aromatic rings. The van der Waals surface area contributed by atoms with E-state index in [-0.39, 0.29) is 17.6 Å². The van der Waals surface area contributed by atoms with E-state index in [0.717, 1.165) is 37.3 Å². The number of nitrogens with one attached hydrogen (secondary N) is 1. The van der Waals surface area contributed by atoms with Crippen molar-refractivity contribution in [2.45, 2.75) is 25.1 Å². The molecule has 2 aliphatic rings. The fraction of sp³-hybridized carbons (Fsp3) is 0.273. The second-order valence-electron chi connectivity index (χ2n) is 7.76. The Kier molecular flexibility index (Phi) is 4.91. The lowest BCUT2D eigenvalue weighted by molar-refractivity contribution is -0.137. The van der Waals surface area contributed by atoms with Gasteiger partial charge in [0.25, 0.3) is 0 Å². The van der Waals surface area contributed by atoms with Crippen molar-refractivity contribution in [1.29, 1.82) is 0 Å². The lowest BCUT2D eigenvalue weighted by Gasteiger charge is -2.45. The fourth-order valence-corrected chi connectivity index (χ4v) is 4.19. The van der Waals surface area contributed by atoms with Crippen LogP contribution in [0.2, 0.25) is 0 Å². The third kappa shape index (κ3) is 3.72. The summed E-state index contributed by atoms with van der Waals surface area (Å²) >= 11 is 0. The average molecular weight is 440 g/mol. The van der Waals surface area contributed by atoms with Crippen LogP contribution >= 0.6 is 0 Å². The number of pyridine rings is 3. The number of rotatable bonds is 2. The Labute approximate surface area is 181 Å². The Bertz CT molecular complexity index is 1150. The van der Waals surface area contributed by atoms with Crippen LogP contribution in [-0.2, 0) is 6.18 Å². The van der Waals surface area contributed by atoms with Crippen LogP contribution in [0.25, 0.3) is 11.3 Å². The van der Waals surface area contributed by atoms with Crippen LogP contribution in [-0.4, -0.2) is 40.1 Å². The van der Waals surface area contributed by atoms with Gasteiger partial charge in [0.15, 0.2) is 5.82 Å². The van der Waals surface area contributed by atoms with Crippen LogP contribution in [0.4, 0.5) is 35.3 Å². The lowest BCUT2D eigenvalue weighted by Crippen LogP contribution is -2.56.